The fraction of sp³-hybridized carbons (Fsp3) is 0.481. The number of aryl methyl sites for hydroxylation is 1. The number of hydrogen-bond donors (Lipinski definition) is 3. The van der Waals surface area contributed by atoms with Crippen molar-refractivity contribution in [3.8, 4) is 0 Å². The SMILES string of the molecule is C=C(C)S[C@@H](C(=O)N1CCC[C@@H]1C(=O)NCCCCCCCCCCCCCCNC)c1ccccc1.C=O.CCC.CCCCc1cc2ccccc2cc1C(=O)CCC.CCn1c(=S)[nH]c2cc3ccccc3cc2c1=O.O=C(Cc1ccccc1)N1CCCC1. The first kappa shape index (κ1) is 78.4. The maximum atomic E-state index is 13.5. The van der Waals surface area contributed by atoms with Gasteiger partial charge >= 0.3 is 0 Å². The van der Waals surface area contributed by atoms with Crippen LogP contribution in [0.3, 0.4) is 0 Å². The smallest absolute Gasteiger partial charge is 0.262 e. The second-order valence-corrected chi connectivity index (χ2v) is 26.0. The van der Waals surface area contributed by atoms with E-state index in [0.29, 0.717) is 48.4 Å². The van der Waals surface area contributed by atoms with Crippen molar-refractivity contribution in [1.29, 1.82) is 0 Å². The van der Waals surface area contributed by atoms with E-state index in [1.54, 1.807) is 9.47 Å². The molecule has 0 unspecified atom stereocenters. The summed E-state index contributed by atoms with van der Waals surface area (Å²) in [6.07, 6.45) is 26.2. The summed E-state index contributed by atoms with van der Waals surface area (Å²) in [6.45, 7) is 23.3. The van der Waals surface area contributed by atoms with E-state index in [1.165, 1.54) is 112 Å². The Morgan fingerprint density at radius 2 is 1.16 bits per heavy atom. The zero-order chi connectivity index (χ0) is 67.6. The summed E-state index contributed by atoms with van der Waals surface area (Å²) in [4.78, 5) is 78.5. The topological polar surface area (TPSA) is 154 Å². The molecule has 3 heterocycles. The summed E-state index contributed by atoms with van der Waals surface area (Å²) in [6, 6.07) is 43.9. The molecule has 2 atom stereocenters. The van der Waals surface area contributed by atoms with Crippen molar-refractivity contribution in [3.63, 3.8) is 0 Å². The van der Waals surface area contributed by atoms with Crippen LogP contribution in [-0.4, -0.2) is 95.5 Å². The number of nitrogens with one attached hydrogen (secondary N) is 3. The molecular formula is C79H110N6O6S2. The maximum Gasteiger partial charge on any atom is 0.262 e. The normalized spacial score (nSPS) is 13.4. The summed E-state index contributed by atoms with van der Waals surface area (Å²) in [5, 5.41) is 11.2. The van der Waals surface area contributed by atoms with E-state index in [4.69, 9.17) is 17.0 Å². The summed E-state index contributed by atoms with van der Waals surface area (Å²) >= 11 is 6.68. The number of amides is 3. The van der Waals surface area contributed by atoms with Crippen molar-refractivity contribution in [2.75, 3.05) is 39.8 Å². The number of H-pyrrole nitrogens is 1. The van der Waals surface area contributed by atoms with Gasteiger partial charge in [-0.2, -0.15) is 0 Å². The first-order valence-electron chi connectivity index (χ1n) is 34.7. The van der Waals surface area contributed by atoms with E-state index in [9.17, 15) is 24.0 Å². The minimum absolute atomic E-state index is 0.00365. The van der Waals surface area contributed by atoms with Gasteiger partial charge in [0.2, 0.25) is 17.7 Å². The van der Waals surface area contributed by atoms with Crippen molar-refractivity contribution in [1.82, 2.24) is 30.0 Å². The molecule has 93 heavy (non-hydrogen) atoms. The number of fused-ring (bicyclic) bond motifs is 3. The molecule has 0 spiro atoms. The number of nitrogens with zero attached hydrogens (tertiary/aromatic N) is 3. The van der Waals surface area contributed by atoms with Gasteiger partial charge in [0.15, 0.2) is 10.6 Å². The van der Waals surface area contributed by atoms with Gasteiger partial charge in [0.25, 0.3) is 5.56 Å². The number of Topliss-reactive ketones (excluding diaryl/α,β-unsaturated/α-hetero) is 1. The molecule has 6 aromatic carbocycles. The van der Waals surface area contributed by atoms with Crippen LogP contribution < -0.4 is 16.2 Å². The van der Waals surface area contributed by atoms with Gasteiger partial charge in [-0.25, -0.2) is 0 Å². The van der Waals surface area contributed by atoms with Crippen molar-refractivity contribution in [3.05, 3.63) is 182 Å². The number of carbonyl (C=O) groups is 5. The second-order valence-electron chi connectivity index (χ2n) is 24.3. The predicted octanol–water partition coefficient (Wildman–Crippen LogP) is 18.5. The lowest BCUT2D eigenvalue weighted by Crippen LogP contribution is -2.47. The van der Waals surface area contributed by atoms with Gasteiger partial charge < -0.3 is 30.2 Å². The van der Waals surface area contributed by atoms with E-state index in [2.05, 4.69) is 80.2 Å². The molecule has 2 aliphatic rings. The van der Waals surface area contributed by atoms with Gasteiger partial charge in [-0.05, 0) is 159 Å². The van der Waals surface area contributed by atoms with Crippen molar-refractivity contribution >= 4 is 86.7 Å². The number of benzene rings is 6. The highest BCUT2D eigenvalue weighted by Gasteiger charge is 2.38. The molecule has 2 fully saturated rings. The fourth-order valence-corrected chi connectivity index (χ4v) is 12.9. The van der Waals surface area contributed by atoms with Crippen LogP contribution in [0.25, 0.3) is 32.4 Å². The van der Waals surface area contributed by atoms with Crippen LogP contribution in [0.5, 0.6) is 0 Å². The highest BCUT2D eigenvalue weighted by atomic mass is 32.2. The number of ketones is 1. The third-order valence-electron chi connectivity index (χ3n) is 16.5. The summed E-state index contributed by atoms with van der Waals surface area (Å²) in [5.74, 6) is 0.586. The highest BCUT2D eigenvalue weighted by Crippen LogP contribution is 2.37. The predicted molar refractivity (Wildman–Crippen MR) is 396 cm³/mol. The summed E-state index contributed by atoms with van der Waals surface area (Å²) in [7, 11) is 2.02. The van der Waals surface area contributed by atoms with E-state index < -0.39 is 0 Å². The lowest BCUT2D eigenvalue weighted by Gasteiger charge is -2.28. The minimum atomic E-state index is -0.354. The van der Waals surface area contributed by atoms with Crippen LogP contribution in [0.1, 0.15) is 209 Å². The Hall–Kier alpha value is -7.00. The number of carbonyl (C=O) groups excluding carboxylic acids is 5. The Morgan fingerprint density at radius 1 is 0.645 bits per heavy atom. The fourth-order valence-electron chi connectivity index (χ4n) is 11.6. The number of thioether (sulfide) groups is 1. The molecule has 504 valence electrons. The number of aromatic amines is 1. The molecule has 12 nitrogen and oxygen atoms in total. The summed E-state index contributed by atoms with van der Waals surface area (Å²) < 4.78 is 2.05. The number of allylic oxidation sites excluding steroid dienone is 1. The molecule has 9 rings (SSSR count). The third kappa shape index (κ3) is 27.5. The molecular weight excluding hydrogens is 1190 g/mol. The van der Waals surface area contributed by atoms with Gasteiger partial charge in [0.05, 0.1) is 17.3 Å². The lowest BCUT2D eigenvalue weighted by atomic mass is 9.93. The highest BCUT2D eigenvalue weighted by molar-refractivity contribution is 8.03. The molecule has 14 heteroatoms. The second kappa shape index (κ2) is 46.1. The first-order chi connectivity index (χ1) is 45.3. The molecule has 2 saturated heterocycles. The monoisotopic (exact) mass is 1300 g/mol. The lowest BCUT2D eigenvalue weighted by molar-refractivity contribution is -0.138. The van der Waals surface area contributed by atoms with Crippen molar-refractivity contribution in [2.45, 2.75) is 207 Å². The minimum Gasteiger partial charge on any atom is -0.354 e. The van der Waals surface area contributed by atoms with Crippen LogP contribution in [0.15, 0.2) is 150 Å². The van der Waals surface area contributed by atoms with E-state index in [-0.39, 0.29) is 34.6 Å². The zero-order valence-corrected chi connectivity index (χ0v) is 59.0. The van der Waals surface area contributed by atoms with Crippen molar-refractivity contribution in [2.24, 2.45) is 0 Å². The van der Waals surface area contributed by atoms with Gasteiger partial charge in [-0.15, -0.1) is 11.8 Å². The van der Waals surface area contributed by atoms with Crippen molar-refractivity contribution < 1.29 is 24.0 Å². The molecule has 0 radical (unpaired) electrons. The average molecular weight is 1300 g/mol. The molecule has 0 bridgehead atoms. The molecule has 0 saturated carbocycles. The van der Waals surface area contributed by atoms with Gasteiger partial charge in [-0.1, -0.05) is 227 Å². The van der Waals surface area contributed by atoms with Crippen LogP contribution in [0.2, 0.25) is 0 Å². The van der Waals surface area contributed by atoms with Gasteiger partial charge in [-0.3, -0.25) is 28.5 Å². The Balaban J connectivity index is 0.000000276. The number of rotatable bonds is 29. The van der Waals surface area contributed by atoms with Crippen LogP contribution in [0, 0.1) is 4.77 Å². The molecule has 1 aromatic heterocycles. The number of hydrogen-bond acceptors (Lipinski definition) is 9. The summed E-state index contributed by atoms with van der Waals surface area (Å²) in [5.41, 5.74) is 5.01. The largest absolute Gasteiger partial charge is 0.354 e. The van der Waals surface area contributed by atoms with E-state index >= 15 is 0 Å². The quantitative estimate of drug-likeness (QED) is 0.0180. The maximum absolute atomic E-state index is 13.5. The average Bonchev–Trinajstić information content (AvgIpc) is 2.04. The molecule has 7 aromatic rings. The van der Waals surface area contributed by atoms with E-state index in [1.807, 2.05) is 136 Å². The van der Waals surface area contributed by atoms with Crippen LogP contribution >= 0.6 is 24.0 Å². The van der Waals surface area contributed by atoms with Crippen LogP contribution in [-0.2, 0) is 38.6 Å². The Morgan fingerprint density at radius 3 is 1.70 bits per heavy atom. The van der Waals surface area contributed by atoms with Gasteiger partial charge in [0.1, 0.15) is 18.1 Å². The zero-order valence-electron chi connectivity index (χ0n) is 57.4. The number of unbranched alkanes of at least 4 members (excludes halogenated alkanes) is 12. The van der Waals surface area contributed by atoms with Gasteiger partial charge in [0, 0.05) is 44.7 Å². The molecule has 3 amide bonds. The number of likely N-dealkylation sites (tertiary alicyclic amines) is 2. The van der Waals surface area contributed by atoms with Crippen LogP contribution in [0.4, 0.5) is 0 Å². The first-order valence-corrected chi connectivity index (χ1v) is 36.0. The molecule has 3 N–H and O–H groups in total. The Labute approximate surface area is 566 Å². The molecule has 0 aliphatic carbocycles. The number of aromatic nitrogens is 2. The standard InChI is InChI=1S/C31H51N3O2S.C18H22O.C14H12N2OS.C12H15NO.C3H8.CH2O/c1-26(2)37-29(27-20-15-14-16-21-27)31(36)34-25-19-22-28(34)30(35)33-24-18-13-11-9-7-5-4-6-8-10-12-17-23-32-3;1-3-5-9-16-12-14-10-6-7-11-15(14)13-17(16)18(19)8-4-2;1-2-16-13(17)11-7-9-5-3-4-6-10(9)8-12(11)15-14(16)18;14-12(13-8-4-5-9-13)10-11-6-2-1-3-7-11;1-3-2;1-2/h14-16,20-21,28-29,32H,1,4-13,17-19,22-25H2,2-3H3,(H,33,35);6-7,10-13H,3-5,8-9H2,1-2H3;3-8H,2H2,1H3,(H,15,18);1-3,6-7H,4-5,8-10H2;3H2,1-2H3;1H2/t28-,29-;;;;;/m1...../s1. The molecule has 2 aliphatic heterocycles. The Kier molecular flexibility index (Phi) is 38.9. The third-order valence-corrected chi connectivity index (χ3v) is 17.9. The Bertz CT molecular complexity index is 3440. The van der Waals surface area contributed by atoms with E-state index in [0.717, 1.165) is 109 Å².